The zero-order chi connectivity index (χ0) is 20.0. The number of anilines is 2. The third-order valence-corrected chi connectivity index (χ3v) is 5.85. The number of amides is 1. The number of carbonyl (C=O) groups is 2. The molecule has 1 aliphatic carbocycles. The van der Waals surface area contributed by atoms with E-state index in [-0.39, 0.29) is 17.6 Å². The Morgan fingerprint density at radius 3 is 2.61 bits per heavy atom. The van der Waals surface area contributed by atoms with Crippen LogP contribution in [-0.4, -0.2) is 11.7 Å². The number of fused-ring (bicyclic) bond motifs is 1. The summed E-state index contributed by atoms with van der Waals surface area (Å²) in [5.74, 6) is 0.109. The Balaban J connectivity index is 2.03. The summed E-state index contributed by atoms with van der Waals surface area (Å²) in [6.07, 6.45) is 1.19. The van der Waals surface area contributed by atoms with Crippen molar-refractivity contribution in [1.82, 2.24) is 0 Å². The van der Waals surface area contributed by atoms with E-state index in [0.717, 1.165) is 23.5 Å². The molecule has 2 atom stereocenters. The third-order valence-electron chi connectivity index (χ3n) is 5.29. The summed E-state index contributed by atoms with van der Waals surface area (Å²) in [5.41, 5.74) is 3.68. The average Bonchev–Trinajstić information content (AvgIpc) is 2.75. The Hall–Kier alpha value is -2.30. The maximum atomic E-state index is 13.2. The van der Waals surface area contributed by atoms with Crippen molar-refractivity contribution >= 4 is 46.3 Å². The summed E-state index contributed by atoms with van der Waals surface area (Å²) in [4.78, 5) is 27.6. The number of halogens is 2. The van der Waals surface area contributed by atoms with Crippen LogP contribution in [0.5, 0.6) is 0 Å². The van der Waals surface area contributed by atoms with Gasteiger partial charge >= 0.3 is 0 Å². The van der Waals surface area contributed by atoms with Gasteiger partial charge in [0, 0.05) is 34.7 Å². The van der Waals surface area contributed by atoms with Gasteiger partial charge in [-0.1, -0.05) is 48.3 Å². The van der Waals surface area contributed by atoms with Gasteiger partial charge in [0.05, 0.1) is 17.4 Å². The molecule has 1 amide bonds. The molecule has 0 saturated heterocycles. The Bertz CT molecular complexity index is 1020. The molecule has 1 heterocycles. The van der Waals surface area contributed by atoms with E-state index in [2.05, 4.69) is 12.2 Å². The zero-order valence-electron chi connectivity index (χ0n) is 15.6. The second kappa shape index (κ2) is 7.26. The predicted molar refractivity (Wildman–Crippen MR) is 113 cm³/mol. The van der Waals surface area contributed by atoms with Crippen LogP contribution >= 0.6 is 23.2 Å². The van der Waals surface area contributed by atoms with Gasteiger partial charge in [-0.15, -0.1) is 0 Å². The van der Waals surface area contributed by atoms with E-state index in [9.17, 15) is 9.59 Å². The highest BCUT2D eigenvalue weighted by molar-refractivity contribution is 6.35. The van der Waals surface area contributed by atoms with Gasteiger partial charge in [0.25, 0.3) is 0 Å². The van der Waals surface area contributed by atoms with Crippen LogP contribution in [0.1, 0.15) is 38.3 Å². The van der Waals surface area contributed by atoms with Crippen LogP contribution in [0.4, 0.5) is 11.4 Å². The lowest BCUT2D eigenvalue weighted by atomic mass is 9.81. The highest BCUT2D eigenvalue weighted by atomic mass is 35.5. The summed E-state index contributed by atoms with van der Waals surface area (Å²) >= 11 is 12.6. The molecule has 1 aliphatic heterocycles. The summed E-state index contributed by atoms with van der Waals surface area (Å²) in [6, 6.07) is 12.2. The number of allylic oxidation sites excluding steroid dienone is 1. The average molecular weight is 415 g/mol. The largest absolute Gasteiger partial charge is 0.357 e. The van der Waals surface area contributed by atoms with E-state index in [1.807, 2.05) is 24.3 Å². The minimum Gasteiger partial charge on any atom is -0.357 e. The fraction of sp³-hybridized carbons (Fsp3) is 0.273. The minimum atomic E-state index is -0.603. The Morgan fingerprint density at radius 2 is 1.89 bits per heavy atom. The molecule has 2 unspecified atom stereocenters. The van der Waals surface area contributed by atoms with E-state index in [1.165, 1.54) is 6.92 Å². The zero-order valence-corrected chi connectivity index (χ0v) is 17.1. The van der Waals surface area contributed by atoms with Crippen molar-refractivity contribution in [2.45, 2.75) is 32.7 Å². The van der Waals surface area contributed by atoms with E-state index in [4.69, 9.17) is 23.2 Å². The molecule has 2 aromatic rings. The molecule has 0 aromatic heterocycles. The second-order valence-corrected chi connectivity index (χ2v) is 8.27. The number of rotatable bonds is 1. The standard InChI is InChI=1S/C22H20Cl2N2O2/c1-12-9-18-21(20(28)10-12)22(15-8-7-14(23)11-16(15)24)26(13(2)27)19-6-4-3-5-17(19)25-18/h3-8,11-12,22,25H,9-10H2,1-2H3. The molecular formula is C22H20Cl2N2O2. The normalized spacial score (nSPS) is 21.6. The van der Waals surface area contributed by atoms with Crippen LogP contribution in [0.3, 0.4) is 0 Å². The first-order chi connectivity index (χ1) is 13.4. The maximum absolute atomic E-state index is 13.2. The van der Waals surface area contributed by atoms with E-state index >= 15 is 0 Å². The number of hydrogen-bond donors (Lipinski definition) is 1. The van der Waals surface area contributed by atoms with Crippen LogP contribution in [0.2, 0.25) is 10.0 Å². The molecule has 0 bridgehead atoms. The Labute approximate surface area is 174 Å². The molecule has 2 aliphatic rings. The smallest absolute Gasteiger partial charge is 0.224 e. The Kier molecular flexibility index (Phi) is 4.94. The summed E-state index contributed by atoms with van der Waals surface area (Å²) in [7, 11) is 0. The lowest BCUT2D eigenvalue weighted by molar-refractivity contribution is -0.117. The molecule has 0 radical (unpaired) electrons. The highest BCUT2D eigenvalue weighted by Gasteiger charge is 2.40. The van der Waals surface area contributed by atoms with Crippen molar-refractivity contribution in [3.8, 4) is 0 Å². The summed E-state index contributed by atoms with van der Waals surface area (Å²) < 4.78 is 0. The van der Waals surface area contributed by atoms with Gasteiger partial charge in [-0.3, -0.25) is 14.5 Å². The number of nitrogens with zero attached hydrogens (tertiary/aromatic N) is 1. The number of hydrogen-bond acceptors (Lipinski definition) is 3. The summed E-state index contributed by atoms with van der Waals surface area (Å²) in [6.45, 7) is 3.57. The topological polar surface area (TPSA) is 49.4 Å². The third kappa shape index (κ3) is 3.21. The molecule has 144 valence electrons. The van der Waals surface area contributed by atoms with Crippen molar-refractivity contribution in [1.29, 1.82) is 0 Å². The lowest BCUT2D eigenvalue weighted by Gasteiger charge is -2.34. The van der Waals surface area contributed by atoms with E-state index < -0.39 is 6.04 Å². The van der Waals surface area contributed by atoms with Gasteiger partial charge < -0.3 is 5.32 Å². The van der Waals surface area contributed by atoms with Crippen molar-refractivity contribution < 1.29 is 9.59 Å². The van der Waals surface area contributed by atoms with E-state index in [1.54, 1.807) is 23.1 Å². The SMILES string of the molecule is CC(=O)N1c2ccccc2NC2=C(C(=O)CC(C)C2)C1c1ccc(Cl)cc1Cl. The van der Waals surface area contributed by atoms with Crippen LogP contribution in [0.15, 0.2) is 53.7 Å². The lowest BCUT2D eigenvalue weighted by Crippen LogP contribution is -2.37. The molecule has 0 saturated carbocycles. The number of ketones is 1. The predicted octanol–water partition coefficient (Wildman–Crippen LogP) is 5.77. The van der Waals surface area contributed by atoms with Crippen molar-refractivity contribution in [2.75, 3.05) is 10.2 Å². The number of para-hydroxylation sites is 2. The van der Waals surface area contributed by atoms with Gasteiger partial charge in [0.15, 0.2) is 5.78 Å². The summed E-state index contributed by atoms with van der Waals surface area (Å²) in [5, 5.41) is 4.37. The molecule has 0 fully saturated rings. The number of carbonyl (C=O) groups excluding carboxylic acids is 2. The quantitative estimate of drug-likeness (QED) is 0.644. The minimum absolute atomic E-state index is 0.0383. The van der Waals surface area contributed by atoms with Crippen LogP contribution in [-0.2, 0) is 9.59 Å². The maximum Gasteiger partial charge on any atom is 0.224 e. The fourth-order valence-electron chi connectivity index (χ4n) is 4.15. The molecule has 6 heteroatoms. The van der Waals surface area contributed by atoms with Gasteiger partial charge in [-0.25, -0.2) is 0 Å². The van der Waals surface area contributed by atoms with Crippen molar-refractivity contribution in [3.63, 3.8) is 0 Å². The van der Waals surface area contributed by atoms with Gasteiger partial charge in [0.1, 0.15) is 0 Å². The van der Waals surface area contributed by atoms with Gasteiger partial charge in [0.2, 0.25) is 5.91 Å². The molecular weight excluding hydrogens is 395 g/mol. The Morgan fingerprint density at radius 1 is 1.14 bits per heavy atom. The first-order valence-electron chi connectivity index (χ1n) is 9.24. The van der Waals surface area contributed by atoms with Crippen LogP contribution < -0.4 is 10.2 Å². The number of nitrogens with one attached hydrogen (secondary N) is 1. The van der Waals surface area contributed by atoms with Crippen LogP contribution in [0, 0.1) is 5.92 Å². The molecule has 28 heavy (non-hydrogen) atoms. The highest BCUT2D eigenvalue weighted by Crippen LogP contribution is 2.47. The number of benzene rings is 2. The van der Waals surface area contributed by atoms with Gasteiger partial charge in [-0.05, 0) is 42.2 Å². The molecule has 2 aromatic carbocycles. The first-order valence-corrected chi connectivity index (χ1v) is 9.99. The van der Waals surface area contributed by atoms with E-state index in [0.29, 0.717) is 27.6 Å². The van der Waals surface area contributed by atoms with Crippen molar-refractivity contribution in [2.24, 2.45) is 5.92 Å². The molecule has 4 nitrogen and oxygen atoms in total. The number of Topliss-reactive ketones (excluding diaryl/α,β-unsaturated/α-hetero) is 1. The van der Waals surface area contributed by atoms with Crippen LogP contribution in [0.25, 0.3) is 0 Å². The first kappa shape index (κ1) is 19.0. The van der Waals surface area contributed by atoms with Gasteiger partial charge in [-0.2, -0.15) is 0 Å². The second-order valence-electron chi connectivity index (χ2n) is 7.43. The molecule has 0 spiro atoms. The monoisotopic (exact) mass is 414 g/mol. The fourth-order valence-corrected chi connectivity index (χ4v) is 4.66. The van der Waals surface area contributed by atoms with Crippen molar-refractivity contribution in [3.05, 3.63) is 69.3 Å². The molecule has 1 N–H and O–H groups in total. The molecule has 4 rings (SSSR count).